The van der Waals surface area contributed by atoms with Crippen molar-refractivity contribution in [1.29, 1.82) is 0 Å². The van der Waals surface area contributed by atoms with E-state index in [1.807, 2.05) is 0 Å². The smallest absolute Gasteiger partial charge is 0.139 e. The number of anilines is 1. The van der Waals surface area contributed by atoms with Gasteiger partial charge in [0.25, 0.3) is 0 Å². The molecule has 94 valence electrons. The number of nitrogens with two attached hydrogens (primary N) is 1. The second kappa shape index (κ2) is 5.46. The first kappa shape index (κ1) is 13.0. The van der Waals surface area contributed by atoms with E-state index >= 15 is 0 Å². The standard InChI is InChI=1S/C13H10Cl2FNO/c14-11-2-1-3-12(13(11)15)18-7-8-4-9(16)6-10(17)5-8/h1-6H,7,17H2. The van der Waals surface area contributed by atoms with Crippen LogP contribution in [0.3, 0.4) is 0 Å². The Bertz CT molecular complexity index is 555. The lowest BCUT2D eigenvalue weighted by Gasteiger charge is -2.09. The lowest BCUT2D eigenvalue weighted by atomic mass is 10.2. The van der Waals surface area contributed by atoms with E-state index in [0.29, 0.717) is 27.0 Å². The Morgan fingerprint density at radius 3 is 2.67 bits per heavy atom. The molecule has 0 aliphatic carbocycles. The van der Waals surface area contributed by atoms with E-state index in [1.54, 1.807) is 24.3 Å². The summed E-state index contributed by atoms with van der Waals surface area (Å²) in [5.74, 6) is 0.0535. The number of hydrogen-bond donors (Lipinski definition) is 1. The molecule has 2 rings (SSSR count). The first-order valence-electron chi connectivity index (χ1n) is 5.18. The van der Waals surface area contributed by atoms with Gasteiger partial charge in [-0.1, -0.05) is 29.3 Å². The van der Waals surface area contributed by atoms with Crippen molar-refractivity contribution in [1.82, 2.24) is 0 Å². The first-order chi connectivity index (χ1) is 8.56. The second-order valence-electron chi connectivity index (χ2n) is 3.73. The molecular weight excluding hydrogens is 276 g/mol. The molecule has 0 aliphatic heterocycles. The predicted molar refractivity (Wildman–Crippen MR) is 71.6 cm³/mol. The molecule has 2 aromatic carbocycles. The van der Waals surface area contributed by atoms with Gasteiger partial charge < -0.3 is 10.5 Å². The van der Waals surface area contributed by atoms with E-state index < -0.39 is 5.82 Å². The van der Waals surface area contributed by atoms with Gasteiger partial charge in [0, 0.05) is 5.69 Å². The fourth-order valence-electron chi connectivity index (χ4n) is 1.52. The Labute approximate surface area is 114 Å². The van der Waals surface area contributed by atoms with Gasteiger partial charge >= 0.3 is 0 Å². The Kier molecular flexibility index (Phi) is 3.94. The molecule has 2 nitrogen and oxygen atoms in total. The van der Waals surface area contributed by atoms with Gasteiger partial charge in [0.15, 0.2) is 0 Å². The van der Waals surface area contributed by atoms with Crippen LogP contribution in [0.2, 0.25) is 10.0 Å². The van der Waals surface area contributed by atoms with Crippen molar-refractivity contribution in [2.45, 2.75) is 6.61 Å². The fraction of sp³-hybridized carbons (Fsp3) is 0.0769. The summed E-state index contributed by atoms with van der Waals surface area (Å²) in [6.45, 7) is 0.169. The maximum Gasteiger partial charge on any atom is 0.139 e. The maximum absolute atomic E-state index is 13.1. The number of benzene rings is 2. The van der Waals surface area contributed by atoms with Gasteiger partial charge in [-0.25, -0.2) is 4.39 Å². The Morgan fingerprint density at radius 2 is 1.94 bits per heavy atom. The molecular formula is C13H10Cl2FNO. The Hall–Kier alpha value is -1.45. The normalized spacial score (nSPS) is 10.4. The summed E-state index contributed by atoms with van der Waals surface area (Å²) in [6, 6.07) is 9.32. The number of ether oxygens (including phenoxy) is 1. The molecule has 18 heavy (non-hydrogen) atoms. The van der Waals surface area contributed by atoms with Gasteiger partial charge in [-0.05, 0) is 35.9 Å². The number of halogens is 3. The van der Waals surface area contributed by atoms with E-state index in [9.17, 15) is 4.39 Å². The van der Waals surface area contributed by atoms with Gasteiger partial charge in [-0.3, -0.25) is 0 Å². The Morgan fingerprint density at radius 1 is 1.17 bits per heavy atom. The van der Waals surface area contributed by atoms with Crippen molar-refractivity contribution in [2.75, 3.05) is 5.73 Å². The lowest BCUT2D eigenvalue weighted by molar-refractivity contribution is 0.306. The topological polar surface area (TPSA) is 35.2 Å². The van der Waals surface area contributed by atoms with E-state index in [0.717, 1.165) is 0 Å². The van der Waals surface area contributed by atoms with E-state index in [1.165, 1.54) is 12.1 Å². The second-order valence-corrected chi connectivity index (χ2v) is 4.52. The van der Waals surface area contributed by atoms with Crippen LogP contribution in [0, 0.1) is 5.82 Å². The van der Waals surface area contributed by atoms with E-state index in [4.69, 9.17) is 33.7 Å². The summed E-state index contributed by atoms with van der Waals surface area (Å²) < 4.78 is 18.6. The van der Waals surface area contributed by atoms with Crippen LogP contribution in [0.5, 0.6) is 5.75 Å². The highest BCUT2D eigenvalue weighted by Crippen LogP contribution is 2.32. The average molecular weight is 286 g/mol. The third kappa shape index (κ3) is 3.06. The minimum Gasteiger partial charge on any atom is -0.487 e. The van der Waals surface area contributed by atoms with Crippen molar-refractivity contribution in [3.8, 4) is 5.75 Å². The summed E-state index contributed by atoms with van der Waals surface area (Å²) >= 11 is 11.8. The predicted octanol–water partition coefficient (Wildman–Crippen LogP) is 4.29. The van der Waals surface area contributed by atoms with Gasteiger partial charge in [-0.2, -0.15) is 0 Å². The molecule has 0 amide bonds. The molecule has 0 heterocycles. The quantitative estimate of drug-likeness (QED) is 0.854. The molecule has 2 N–H and O–H groups in total. The molecule has 0 saturated heterocycles. The third-order valence-electron chi connectivity index (χ3n) is 2.29. The Balaban J connectivity index is 2.14. The fourth-order valence-corrected chi connectivity index (χ4v) is 1.86. The molecule has 0 saturated carbocycles. The largest absolute Gasteiger partial charge is 0.487 e. The molecule has 0 aliphatic rings. The summed E-state index contributed by atoms with van der Waals surface area (Å²) in [6.07, 6.45) is 0. The summed E-state index contributed by atoms with van der Waals surface area (Å²) in [5, 5.41) is 0.747. The molecule has 0 spiro atoms. The summed E-state index contributed by atoms with van der Waals surface area (Å²) in [7, 11) is 0. The number of rotatable bonds is 3. The SMILES string of the molecule is Nc1cc(F)cc(COc2cccc(Cl)c2Cl)c1. The van der Waals surface area contributed by atoms with Crippen LogP contribution in [-0.4, -0.2) is 0 Å². The van der Waals surface area contributed by atoms with E-state index in [2.05, 4.69) is 0 Å². The van der Waals surface area contributed by atoms with Crippen LogP contribution in [0.4, 0.5) is 10.1 Å². The van der Waals surface area contributed by atoms with Gasteiger partial charge in [0.05, 0.1) is 5.02 Å². The highest BCUT2D eigenvalue weighted by Gasteiger charge is 2.06. The van der Waals surface area contributed by atoms with Crippen LogP contribution in [0.1, 0.15) is 5.56 Å². The molecule has 2 aromatic rings. The van der Waals surface area contributed by atoms with Crippen LogP contribution in [0.25, 0.3) is 0 Å². The van der Waals surface area contributed by atoms with Gasteiger partial charge in [0.2, 0.25) is 0 Å². The molecule has 0 unspecified atom stereocenters. The van der Waals surface area contributed by atoms with Crippen LogP contribution < -0.4 is 10.5 Å². The lowest BCUT2D eigenvalue weighted by Crippen LogP contribution is -1.98. The first-order valence-corrected chi connectivity index (χ1v) is 5.93. The zero-order valence-electron chi connectivity index (χ0n) is 9.29. The molecule has 5 heteroatoms. The molecule has 0 radical (unpaired) electrons. The summed E-state index contributed by atoms with van der Waals surface area (Å²) in [5.41, 5.74) is 6.52. The molecule has 0 bridgehead atoms. The average Bonchev–Trinajstić information content (AvgIpc) is 2.30. The van der Waals surface area contributed by atoms with Crippen molar-refractivity contribution < 1.29 is 9.13 Å². The monoisotopic (exact) mass is 285 g/mol. The van der Waals surface area contributed by atoms with Crippen LogP contribution >= 0.6 is 23.2 Å². The maximum atomic E-state index is 13.1. The molecule has 0 aromatic heterocycles. The van der Waals surface area contributed by atoms with Gasteiger partial charge in [0.1, 0.15) is 23.2 Å². The van der Waals surface area contributed by atoms with E-state index in [-0.39, 0.29) is 6.61 Å². The molecule has 0 atom stereocenters. The van der Waals surface area contributed by atoms with Crippen LogP contribution in [-0.2, 0) is 6.61 Å². The minimum absolute atomic E-state index is 0.169. The zero-order chi connectivity index (χ0) is 13.1. The minimum atomic E-state index is -0.397. The zero-order valence-corrected chi connectivity index (χ0v) is 10.8. The highest BCUT2D eigenvalue weighted by atomic mass is 35.5. The highest BCUT2D eigenvalue weighted by molar-refractivity contribution is 6.42. The summed E-state index contributed by atoms with van der Waals surface area (Å²) in [4.78, 5) is 0. The van der Waals surface area contributed by atoms with Crippen molar-refractivity contribution >= 4 is 28.9 Å². The van der Waals surface area contributed by atoms with Crippen molar-refractivity contribution in [3.05, 3.63) is 57.8 Å². The molecule has 0 fully saturated rings. The third-order valence-corrected chi connectivity index (χ3v) is 3.09. The van der Waals surface area contributed by atoms with Crippen LogP contribution in [0.15, 0.2) is 36.4 Å². The van der Waals surface area contributed by atoms with Crippen molar-refractivity contribution in [2.24, 2.45) is 0 Å². The number of hydrogen-bond acceptors (Lipinski definition) is 2. The number of nitrogen functional groups attached to an aromatic ring is 1. The van der Waals surface area contributed by atoms with Gasteiger partial charge in [-0.15, -0.1) is 0 Å². The van der Waals surface area contributed by atoms with Crippen molar-refractivity contribution in [3.63, 3.8) is 0 Å².